The molecule has 0 fully saturated rings. The number of hydrogen-bond donors (Lipinski definition) is 0. The number of halogens is 1. The van der Waals surface area contributed by atoms with Crippen LogP contribution in [0.3, 0.4) is 0 Å². The first-order valence-corrected chi connectivity index (χ1v) is 13.2. The van der Waals surface area contributed by atoms with Crippen LogP contribution in [-0.4, -0.2) is 63.3 Å². The Kier molecular flexibility index (Phi) is 8.39. The van der Waals surface area contributed by atoms with Crippen LogP contribution in [0.15, 0.2) is 47.4 Å². The highest BCUT2D eigenvalue weighted by Gasteiger charge is 2.24. The van der Waals surface area contributed by atoms with Gasteiger partial charge in [-0.25, -0.2) is 17.8 Å². The van der Waals surface area contributed by atoms with Crippen molar-refractivity contribution in [3.63, 3.8) is 0 Å². The third kappa shape index (κ3) is 6.27. The van der Waals surface area contributed by atoms with Crippen molar-refractivity contribution in [3.05, 3.63) is 48.3 Å². The van der Waals surface area contributed by atoms with Gasteiger partial charge in [0, 0.05) is 19.5 Å². The Labute approximate surface area is 197 Å². The highest BCUT2D eigenvalue weighted by Crippen LogP contribution is 2.32. The van der Waals surface area contributed by atoms with Crippen molar-refractivity contribution in [2.75, 3.05) is 43.9 Å². The number of carbonyl (C=O) groups is 1. The zero-order chi connectivity index (χ0) is 24.0. The summed E-state index contributed by atoms with van der Waals surface area (Å²) < 4.78 is 44.6. The number of carbonyl (C=O) groups excluding carboxylic acids is 1. The van der Waals surface area contributed by atoms with Gasteiger partial charge in [-0.2, -0.15) is 0 Å². The second kappa shape index (κ2) is 11.0. The zero-order valence-corrected chi connectivity index (χ0v) is 20.6. The topological polar surface area (TPSA) is 79.8 Å². The average molecular weight is 494 g/mol. The van der Waals surface area contributed by atoms with Crippen LogP contribution in [0, 0.1) is 5.82 Å². The summed E-state index contributed by atoms with van der Waals surface area (Å²) in [5.41, 5.74) is 0.746. The lowest BCUT2D eigenvalue weighted by Gasteiger charge is -2.24. The van der Waals surface area contributed by atoms with Crippen molar-refractivity contribution >= 4 is 42.4 Å². The number of hydrogen-bond acceptors (Lipinski definition) is 7. The number of thiazole rings is 1. The minimum atomic E-state index is -3.72. The fourth-order valence-corrected chi connectivity index (χ4v) is 5.63. The lowest BCUT2D eigenvalue weighted by Crippen LogP contribution is -2.39. The molecule has 178 valence electrons. The van der Waals surface area contributed by atoms with Crippen molar-refractivity contribution in [2.24, 2.45) is 0 Å². The molecule has 0 saturated carbocycles. The predicted molar refractivity (Wildman–Crippen MR) is 129 cm³/mol. The third-order valence-electron chi connectivity index (χ3n) is 5.41. The van der Waals surface area contributed by atoms with E-state index >= 15 is 0 Å². The van der Waals surface area contributed by atoms with E-state index in [0.717, 1.165) is 35.4 Å². The highest BCUT2D eigenvalue weighted by atomic mass is 32.2. The molecular formula is C23H28FN3O4S2. The molecule has 0 aliphatic heterocycles. The molecular weight excluding hydrogens is 465 g/mol. The van der Waals surface area contributed by atoms with Crippen LogP contribution in [0.4, 0.5) is 9.52 Å². The molecule has 0 radical (unpaired) electrons. The summed E-state index contributed by atoms with van der Waals surface area (Å²) in [6, 6.07) is 10.1. The number of methoxy groups -OCH3 is 1. The molecule has 0 spiro atoms. The van der Waals surface area contributed by atoms with Crippen LogP contribution in [0.25, 0.3) is 10.2 Å². The third-order valence-corrected chi connectivity index (χ3v) is 8.18. The zero-order valence-electron chi connectivity index (χ0n) is 19.0. The second-order valence-corrected chi connectivity index (χ2v) is 10.5. The number of aromatic nitrogens is 1. The molecule has 0 atom stereocenters. The molecule has 0 bridgehead atoms. The molecule has 0 N–H and O–H groups in total. The van der Waals surface area contributed by atoms with E-state index in [1.165, 1.54) is 23.5 Å². The lowest BCUT2D eigenvalue weighted by molar-refractivity contribution is -0.118. The minimum absolute atomic E-state index is 0.00141. The van der Waals surface area contributed by atoms with E-state index < -0.39 is 15.7 Å². The van der Waals surface area contributed by atoms with Crippen LogP contribution in [-0.2, 0) is 14.6 Å². The van der Waals surface area contributed by atoms with Gasteiger partial charge in [-0.05, 0) is 55.6 Å². The highest BCUT2D eigenvalue weighted by molar-refractivity contribution is 7.91. The van der Waals surface area contributed by atoms with E-state index in [1.807, 2.05) is 18.2 Å². The number of rotatable bonds is 11. The minimum Gasteiger partial charge on any atom is -0.497 e. The van der Waals surface area contributed by atoms with Crippen molar-refractivity contribution in [3.8, 4) is 5.75 Å². The van der Waals surface area contributed by atoms with Gasteiger partial charge < -0.3 is 9.64 Å². The summed E-state index contributed by atoms with van der Waals surface area (Å²) in [7, 11) is -2.13. The standard InChI is InChI=1S/C23H28FN3O4S2/c1-4-26(5-2)13-14-27(23-25-20-11-8-18(31-3)16-21(20)32-23)22(28)12-15-33(29,30)19-9-6-17(24)7-10-19/h6-11,16H,4-5,12-15H2,1-3H3. The van der Waals surface area contributed by atoms with E-state index in [1.54, 1.807) is 12.0 Å². The summed E-state index contributed by atoms with van der Waals surface area (Å²) in [5, 5.41) is 0.523. The molecule has 1 aromatic heterocycles. The lowest BCUT2D eigenvalue weighted by atomic mass is 10.3. The van der Waals surface area contributed by atoms with Crippen molar-refractivity contribution in [1.82, 2.24) is 9.88 Å². The molecule has 10 heteroatoms. The first kappa shape index (κ1) is 25.1. The number of fused-ring (bicyclic) bond motifs is 1. The summed E-state index contributed by atoms with van der Waals surface area (Å²) in [5.74, 6) is -0.499. The van der Waals surface area contributed by atoms with Gasteiger partial charge in [0.15, 0.2) is 15.0 Å². The van der Waals surface area contributed by atoms with E-state index in [2.05, 4.69) is 23.7 Å². The van der Waals surface area contributed by atoms with Crippen molar-refractivity contribution in [1.29, 1.82) is 0 Å². The SMILES string of the molecule is CCN(CC)CCN(C(=O)CCS(=O)(=O)c1ccc(F)cc1)c1nc2ccc(OC)cc2s1. The molecule has 0 saturated heterocycles. The van der Waals surface area contributed by atoms with Crippen molar-refractivity contribution < 1.29 is 22.3 Å². The largest absolute Gasteiger partial charge is 0.497 e. The van der Waals surface area contributed by atoms with Gasteiger partial charge in [0.25, 0.3) is 0 Å². The molecule has 3 aromatic rings. The van der Waals surface area contributed by atoms with Crippen LogP contribution >= 0.6 is 11.3 Å². The van der Waals surface area contributed by atoms with Gasteiger partial charge in [-0.3, -0.25) is 9.69 Å². The first-order chi connectivity index (χ1) is 15.8. The quantitative estimate of drug-likeness (QED) is 0.376. The Hall–Kier alpha value is -2.56. The van der Waals surface area contributed by atoms with Crippen LogP contribution in [0.5, 0.6) is 5.75 Å². The van der Waals surface area contributed by atoms with Gasteiger partial charge in [0.2, 0.25) is 5.91 Å². The number of sulfone groups is 1. The second-order valence-electron chi connectivity index (χ2n) is 7.43. The van der Waals surface area contributed by atoms with Gasteiger partial charge >= 0.3 is 0 Å². The van der Waals surface area contributed by atoms with Gasteiger partial charge in [-0.15, -0.1) is 0 Å². The number of ether oxygens (including phenoxy) is 1. The number of amides is 1. The van der Waals surface area contributed by atoms with E-state index in [4.69, 9.17) is 4.74 Å². The van der Waals surface area contributed by atoms with E-state index in [9.17, 15) is 17.6 Å². The Morgan fingerprint density at radius 1 is 1.09 bits per heavy atom. The Bertz CT molecular complexity index is 1190. The van der Waals surface area contributed by atoms with Gasteiger partial charge in [-0.1, -0.05) is 25.2 Å². The molecule has 2 aromatic carbocycles. The summed E-state index contributed by atoms with van der Waals surface area (Å²) in [6.45, 7) is 6.82. The molecule has 0 aliphatic rings. The molecule has 1 heterocycles. The van der Waals surface area contributed by atoms with Gasteiger partial charge in [0.1, 0.15) is 11.6 Å². The Morgan fingerprint density at radius 3 is 2.42 bits per heavy atom. The summed E-state index contributed by atoms with van der Waals surface area (Å²) in [6.07, 6.45) is -0.197. The maximum atomic E-state index is 13.2. The first-order valence-electron chi connectivity index (χ1n) is 10.7. The maximum absolute atomic E-state index is 13.2. The van der Waals surface area contributed by atoms with Crippen LogP contribution < -0.4 is 9.64 Å². The fourth-order valence-electron chi connectivity index (χ4n) is 3.36. The average Bonchev–Trinajstić information content (AvgIpc) is 3.23. The Balaban J connectivity index is 1.82. The molecule has 1 amide bonds. The van der Waals surface area contributed by atoms with Crippen LogP contribution in [0.2, 0.25) is 0 Å². The van der Waals surface area contributed by atoms with E-state index in [0.29, 0.717) is 24.0 Å². The number of benzene rings is 2. The predicted octanol–water partition coefficient (Wildman–Crippen LogP) is 3.98. The number of nitrogens with zero attached hydrogens (tertiary/aromatic N) is 3. The molecule has 3 rings (SSSR count). The fraction of sp³-hybridized carbons (Fsp3) is 0.391. The monoisotopic (exact) mass is 493 g/mol. The smallest absolute Gasteiger partial charge is 0.229 e. The normalized spacial score (nSPS) is 11.8. The Morgan fingerprint density at radius 2 is 1.79 bits per heavy atom. The number of anilines is 1. The molecule has 0 aliphatic carbocycles. The maximum Gasteiger partial charge on any atom is 0.229 e. The molecule has 7 nitrogen and oxygen atoms in total. The summed E-state index contributed by atoms with van der Waals surface area (Å²) >= 11 is 1.37. The molecule has 33 heavy (non-hydrogen) atoms. The van der Waals surface area contributed by atoms with Crippen LogP contribution in [0.1, 0.15) is 20.3 Å². The molecule has 0 unspecified atom stereocenters. The van der Waals surface area contributed by atoms with E-state index in [-0.39, 0.29) is 23.0 Å². The van der Waals surface area contributed by atoms with Crippen molar-refractivity contribution in [2.45, 2.75) is 25.2 Å². The number of likely N-dealkylation sites (N-methyl/N-ethyl adjacent to an activating group) is 1. The van der Waals surface area contributed by atoms with Gasteiger partial charge in [0.05, 0.1) is 28.0 Å². The summed E-state index contributed by atoms with van der Waals surface area (Å²) in [4.78, 5) is 21.5.